The van der Waals surface area contributed by atoms with Crippen molar-refractivity contribution in [2.75, 3.05) is 4.90 Å². The predicted molar refractivity (Wildman–Crippen MR) is 241 cm³/mol. The molecule has 2 aromatic heterocycles. The molecule has 0 radical (unpaired) electrons. The van der Waals surface area contributed by atoms with E-state index in [0.717, 1.165) is 34.0 Å². The van der Waals surface area contributed by atoms with E-state index >= 15 is 0 Å². The van der Waals surface area contributed by atoms with Crippen LogP contribution in [0.3, 0.4) is 0 Å². The lowest BCUT2D eigenvalue weighted by Gasteiger charge is -2.27. The molecule has 0 amide bonds. The summed E-state index contributed by atoms with van der Waals surface area (Å²) in [5.41, 5.74) is 15.0. The van der Waals surface area contributed by atoms with Crippen molar-refractivity contribution >= 4 is 60.7 Å². The molecule has 268 valence electrons. The Morgan fingerprint density at radius 1 is 0.281 bits per heavy atom. The molecule has 3 nitrogen and oxygen atoms in total. The highest BCUT2D eigenvalue weighted by atomic mass is 15.1. The van der Waals surface area contributed by atoms with Crippen molar-refractivity contribution < 1.29 is 0 Å². The van der Waals surface area contributed by atoms with Gasteiger partial charge in [0.05, 0.1) is 22.1 Å². The monoisotopic (exact) mass is 727 g/mol. The zero-order valence-electron chi connectivity index (χ0n) is 31.2. The average molecular weight is 728 g/mol. The summed E-state index contributed by atoms with van der Waals surface area (Å²) >= 11 is 0. The van der Waals surface area contributed by atoms with Gasteiger partial charge in [-0.3, -0.25) is 0 Å². The number of benzene rings is 9. The van der Waals surface area contributed by atoms with Crippen LogP contribution in [0.4, 0.5) is 17.1 Å². The predicted octanol–water partition coefficient (Wildman–Crippen LogP) is 14.7. The third kappa shape index (κ3) is 5.51. The first-order valence-corrected chi connectivity index (χ1v) is 19.5. The molecule has 57 heavy (non-hydrogen) atoms. The summed E-state index contributed by atoms with van der Waals surface area (Å²) in [7, 11) is 0. The Balaban J connectivity index is 1.15. The Morgan fingerprint density at radius 2 is 0.789 bits per heavy atom. The van der Waals surface area contributed by atoms with Crippen LogP contribution in [0, 0.1) is 0 Å². The molecule has 0 fully saturated rings. The third-order valence-corrected chi connectivity index (χ3v) is 11.3. The Hall–Kier alpha value is -7.62. The Morgan fingerprint density at radius 3 is 1.49 bits per heavy atom. The topological polar surface area (TPSA) is 13.1 Å². The number of nitrogens with zero attached hydrogens (tertiary/aromatic N) is 3. The van der Waals surface area contributed by atoms with Crippen molar-refractivity contribution in [1.82, 2.24) is 9.13 Å². The lowest BCUT2D eigenvalue weighted by Crippen LogP contribution is -2.10. The molecule has 0 bridgehead atoms. The molecule has 0 saturated heterocycles. The molecule has 0 spiro atoms. The van der Waals surface area contributed by atoms with E-state index in [4.69, 9.17) is 0 Å². The molecule has 9 aromatic carbocycles. The SMILES string of the molecule is c1ccc(-c2ccc(N(c3cccc(-n4c5ccccc5c5ccccc54)c3)c3ccc4c5c(-c6ccccc6)cccc5n(-c5ccccc5)c4c3)cc2)cc1. The van der Waals surface area contributed by atoms with Gasteiger partial charge in [-0.2, -0.15) is 0 Å². The van der Waals surface area contributed by atoms with Gasteiger partial charge >= 0.3 is 0 Å². The van der Waals surface area contributed by atoms with E-state index in [-0.39, 0.29) is 0 Å². The van der Waals surface area contributed by atoms with Crippen LogP contribution in [0.1, 0.15) is 0 Å². The smallest absolute Gasteiger partial charge is 0.0562 e. The van der Waals surface area contributed by atoms with Gasteiger partial charge in [-0.25, -0.2) is 0 Å². The van der Waals surface area contributed by atoms with Gasteiger partial charge in [0, 0.05) is 50.0 Å². The summed E-state index contributed by atoms with van der Waals surface area (Å²) in [5, 5.41) is 4.97. The Kier molecular flexibility index (Phi) is 7.82. The molecular weight excluding hydrogens is 691 g/mol. The van der Waals surface area contributed by atoms with Gasteiger partial charge in [-0.1, -0.05) is 152 Å². The highest BCUT2D eigenvalue weighted by Crippen LogP contribution is 2.43. The Labute approximate surface area is 331 Å². The molecule has 3 heteroatoms. The van der Waals surface area contributed by atoms with Gasteiger partial charge in [0.1, 0.15) is 0 Å². The van der Waals surface area contributed by atoms with E-state index in [1.807, 2.05) is 0 Å². The van der Waals surface area contributed by atoms with Gasteiger partial charge in [-0.05, 0) is 95.1 Å². The zero-order valence-corrected chi connectivity index (χ0v) is 31.2. The minimum absolute atomic E-state index is 1.08. The minimum atomic E-state index is 1.08. The molecule has 0 atom stereocenters. The number of para-hydroxylation sites is 3. The third-order valence-electron chi connectivity index (χ3n) is 11.3. The first kappa shape index (κ1) is 32.8. The second-order valence-electron chi connectivity index (χ2n) is 14.6. The fraction of sp³-hybridized carbons (Fsp3) is 0. The molecule has 0 aliphatic rings. The quantitative estimate of drug-likeness (QED) is 0.159. The first-order valence-electron chi connectivity index (χ1n) is 19.5. The maximum Gasteiger partial charge on any atom is 0.0562 e. The second kappa shape index (κ2) is 13.6. The first-order chi connectivity index (χ1) is 28.3. The fourth-order valence-corrected chi connectivity index (χ4v) is 8.76. The van der Waals surface area contributed by atoms with Crippen molar-refractivity contribution in [2.24, 2.45) is 0 Å². The lowest BCUT2D eigenvalue weighted by molar-refractivity contribution is 1.16. The number of hydrogen-bond acceptors (Lipinski definition) is 1. The van der Waals surface area contributed by atoms with Crippen molar-refractivity contribution in [3.05, 3.63) is 224 Å². The number of aromatic nitrogens is 2. The molecule has 11 rings (SSSR count). The van der Waals surface area contributed by atoms with Crippen LogP contribution in [-0.2, 0) is 0 Å². The van der Waals surface area contributed by atoms with Crippen molar-refractivity contribution in [3.8, 4) is 33.6 Å². The standard InChI is InChI=1S/C54H37N3/c1-4-16-38(17-5-1)39-30-32-42(33-31-39)55(43-22-14-23-44(36-43)57-50-27-12-10-24-47(50)48-25-11-13-28-51(48)57)45-34-35-49-53(37-45)56(41-20-8-3-9-21-41)52-29-15-26-46(54(49)52)40-18-6-2-7-19-40/h1-37H. The van der Waals surface area contributed by atoms with Crippen LogP contribution >= 0.6 is 0 Å². The van der Waals surface area contributed by atoms with Crippen LogP contribution in [0.5, 0.6) is 0 Å². The van der Waals surface area contributed by atoms with E-state index in [0.29, 0.717) is 0 Å². The fourth-order valence-electron chi connectivity index (χ4n) is 8.76. The molecular formula is C54H37N3. The molecule has 11 aromatic rings. The summed E-state index contributed by atoms with van der Waals surface area (Å²) in [5.74, 6) is 0. The van der Waals surface area contributed by atoms with Gasteiger partial charge in [0.15, 0.2) is 0 Å². The number of rotatable bonds is 7. The van der Waals surface area contributed by atoms with Crippen molar-refractivity contribution in [1.29, 1.82) is 0 Å². The van der Waals surface area contributed by atoms with E-state index in [9.17, 15) is 0 Å². The average Bonchev–Trinajstić information content (AvgIpc) is 3.81. The highest BCUT2D eigenvalue weighted by Gasteiger charge is 2.21. The van der Waals surface area contributed by atoms with Crippen molar-refractivity contribution in [3.63, 3.8) is 0 Å². The van der Waals surface area contributed by atoms with Crippen molar-refractivity contribution in [2.45, 2.75) is 0 Å². The molecule has 0 aliphatic heterocycles. The van der Waals surface area contributed by atoms with Crippen LogP contribution in [0.15, 0.2) is 224 Å². The largest absolute Gasteiger partial charge is 0.310 e. The number of hydrogen-bond donors (Lipinski definition) is 0. The van der Waals surface area contributed by atoms with E-state index in [1.165, 1.54) is 60.3 Å². The molecule has 0 unspecified atom stereocenters. The zero-order chi connectivity index (χ0) is 37.7. The van der Waals surface area contributed by atoms with Gasteiger partial charge in [0.25, 0.3) is 0 Å². The minimum Gasteiger partial charge on any atom is -0.310 e. The van der Waals surface area contributed by atoms with E-state index in [1.54, 1.807) is 0 Å². The van der Waals surface area contributed by atoms with Gasteiger partial charge in [-0.15, -0.1) is 0 Å². The van der Waals surface area contributed by atoms with Gasteiger partial charge < -0.3 is 14.0 Å². The lowest BCUT2D eigenvalue weighted by atomic mass is 9.99. The molecule has 0 saturated carbocycles. The highest BCUT2D eigenvalue weighted by molar-refractivity contribution is 6.16. The molecule has 2 heterocycles. The summed E-state index contributed by atoms with van der Waals surface area (Å²) in [4.78, 5) is 2.40. The summed E-state index contributed by atoms with van der Waals surface area (Å²) in [6.45, 7) is 0. The maximum absolute atomic E-state index is 2.42. The molecule has 0 aliphatic carbocycles. The summed E-state index contributed by atoms with van der Waals surface area (Å²) in [6.07, 6.45) is 0. The van der Waals surface area contributed by atoms with Crippen LogP contribution in [0.2, 0.25) is 0 Å². The van der Waals surface area contributed by atoms with E-state index in [2.05, 4.69) is 238 Å². The normalized spacial score (nSPS) is 11.5. The van der Waals surface area contributed by atoms with Crippen LogP contribution in [0.25, 0.3) is 77.2 Å². The summed E-state index contributed by atoms with van der Waals surface area (Å²) < 4.78 is 4.82. The summed E-state index contributed by atoms with van der Waals surface area (Å²) in [6, 6.07) is 81.1. The maximum atomic E-state index is 2.42. The number of fused-ring (bicyclic) bond motifs is 6. The van der Waals surface area contributed by atoms with Crippen LogP contribution < -0.4 is 4.90 Å². The van der Waals surface area contributed by atoms with E-state index < -0.39 is 0 Å². The molecule has 0 N–H and O–H groups in total. The second-order valence-corrected chi connectivity index (χ2v) is 14.6. The van der Waals surface area contributed by atoms with Crippen LogP contribution in [-0.4, -0.2) is 9.13 Å². The Bertz CT molecular complexity index is 3160. The number of anilines is 3. The van der Waals surface area contributed by atoms with Gasteiger partial charge in [0.2, 0.25) is 0 Å².